The van der Waals surface area contributed by atoms with Crippen LogP contribution in [0.1, 0.15) is 128 Å². The summed E-state index contributed by atoms with van der Waals surface area (Å²) in [5.41, 5.74) is 0. The van der Waals surface area contributed by atoms with Gasteiger partial charge in [-0.25, -0.2) is 8.61 Å². The normalized spacial score (nSPS) is 26.3. The van der Waals surface area contributed by atoms with Gasteiger partial charge in [-0.2, -0.15) is 0 Å². The third kappa shape index (κ3) is 10.0. The van der Waals surface area contributed by atoms with E-state index >= 15 is 0 Å². The molecule has 0 aromatic heterocycles. The molecule has 0 bridgehead atoms. The second kappa shape index (κ2) is 17.0. The molecule has 4 rings (SSSR count). The molecule has 4 fully saturated rings. The van der Waals surface area contributed by atoms with Gasteiger partial charge < -0.3 is 23.3 Å². The van der Waals surface area contributed by atoms with Gasteiger partial charge in [0.05, 0.1) is 0 Å². The zero-order valence-electron chi connectivity index (χ0n) is 20.1. The minimum Gasteiger partial charge on any atom is -0.666 e. The smallest absolute Gasteiger partial charge is 0.666 e. The quantitative estimate of drug-likeness (QED) is 0.279. The maximum absolute atomic E-state index is 11.8. The third-order valence-electron chi connectivity index (χ3n) is 8.08. The van der Waals surface area contributed by atoms with Gasteiger partial charge in [-0.3, -0.25) is 8.42 Å². The Hall–Kier alpha value is 1.43. The summed E-state index contributed by atoms with van der Waals surface area (Å²) in [6.45, 7) is 0. The van der Waals surface area contributed by atoms with Crippen LogP contribution in [0, 0.1) is 0 Å². The van der Waals surface area contributed by atoms with Crippen LogP contribution in [0.4, 0.5) is 0 Å². The van der Waals surface area contributed by atoms with Crippen LogP contribution in [0.25, 0.3) is 0 Å². The van der Waals surface area contributed by atoms with Crippen molar-refractivity contribution >= 4 is 43.4 Å². The average Bonchev–Trinajstić information content (AvgIpc) is 2.82. The van der Waals surface area contributed by atoms with E-state index in [1.54, 1.807) is 0 Å². The van der Waals surface area contributed by atoms with Crippen molar-refractivity contribution in [2.45, 2.75) is 153 Å². The minimum atomic E-state index is -1.18. The van der Waals surface area contributed by atoms with Crippen LogP contribution in [-0.4, -0.2) is 41.2 Å². The second-order valence-corrected chi connectivity index (χ2v) is 13.7. The van der Waals surface area contributed by atoms with Crippen molar-refractivity contribution in [1.82, 2.24) is 8.61 Å². The molecule has 9 heteroatoms. The Morgan fingerprint density at radius 2 is 0.606 bits per heavy atom. The zero-order valence-corrected chi connectivity index (χ0v) is 24.4. The average molecular weight is 580 g/mol. The van der Waals surface area contributed by atoms with Gasteiger partial charge in [0.2, 0.25) is 0 Å². The molecule has 0 spiro atoms. The molecule has 4 aliphatic rings. The van der Waals surface area contributed by atoms with Crippen LogP contribution in [0.2, 0.25) is 0 Å². The maximum atomic E-state index is 11.8. The molecule has 33 heavy (non-hydrogen) atoms. The molecule has 0 saturated heterocycles. The summed E-state index contributed by atoms with van der Waals surface area (Å²) in [7, 11) is -2.36. The molecule has 2 atom stereocenters. The molecule has 2 unspecified atom stereocenters. The van der Waals surface area contributed by atoms with E-state index < -0.39 is 20.0 Å². The Labute approximate surface area is 228 Å². The van der Waals surface area contributed by atoms with Crippen molar-refractivity contribution < 1.29 is 25.2 Å². The van der Waals surface area contributed by atoms with E-state index in [-0.39, 0.29) is 16.8 Å². The number of rotatable bonds is 6. The number of hydrogen-bond donors (Lipinski definition) is 0. The van der Waals surface area contributed by atoms with E-state index in [1.165, 1.54) is 128 Å². The maximum Gasteiger partial charge on any atom is 2.00 e. The molecular formula is C24H44CoN2O2S4. The minimum absolute atomic E-state index is 0. The van der Waals surface area contributed by atoms with Gasteiger partial charge in [-0.05, 0) is 71.4 Å². The first-order valence-electron chi connectivity index (χ1n) is 13.3. The monoisotopic (exact) mass is 579 g/mol. The predicted octanol–water partition coefficient (Wildman–Crippen LogP) is 6.16. The molecule has 0 heterocycles. The fourth-order valence-corrected chi connectivity index (χ4v) is 9.70. The van der Waals surface area contributed by atoms with E-state index in [1.807, 2.05) is 0 Å². The first-order valence-corrected chi connectivity index (χ1v) is 17.4. The van der Waals surface area contributed by atoms with Crippen LogP contribution in [-0.2, 0) is 60.1 Å². The molecule has 0 amide bonds. The van der Waals surface area contributed by atoms with Gasteiger partial charge in [-0.1, -0.05) is 77.0 Å². The van der Waals surface area contributed by atoms with Crippen LogP contribution >= 0.6 is 0 Å². The van der Waals surface area contributed by atoms with Crippen LogP contribution < -0.4 is 0 Å². The van der Waals surface area contributed by atoms with Crippen molar-refractivity contribution in [2.75, 3.05) is 0 Å². The van der Waals surface area contributed by atoms with Crippen molar-refractivity contribution in [3.8, 4) is 0 Å². The predicted molar refractivity (Wildman–Crippen MR) is 142 cm³/mol. The van der Waals surface area contributed by atoms with E-state index in [0.29, 0.717) is 24.2 Å². The Morgan fingerprint density at radius 1 is 0.424 bits per heavy atom. The second-order valence-electron chi connectivity index (χ2n) is 10.3. The van der Waals surface area contributed by atoms with Crippen LogP contribution in [0.5, 0.6) is 0 Å². The Balaban J connectivity index is 0.000000227. The van der Waals surface area contributed by atoms with Crippen LogP contribution in [0.15, 0.2) is 0 Å². The molecule has 0 N–H and O–H groups in total. The zero-order chi connectivity index (χ0) is 22.8. The first-order chi connectivity index (χ1) is 15.6. The number of hydrogen-bond acceptors (Lipinski definition) is 4. The van der Waals surface area contributed by atoms with E-state index in [2.05, 4.69) is 8.61 Å². The molecule has 1 radical (unpaired) electrons. The standard InChI is InChI=1S/2C12H23NOS2.Co/c2*14-16(15)13(11-7-3-1-4-8-11)12-9-5-2-6-10-12;/h2*11-12H,1-10H2,(H,14,15);/q;;+2/p-2. The fourth-order valence-electron chi connectivity index (χ4n) is 6.43. The number of nitrogens with zero attached hydrogens (tertiary/aromatic N) is 2. The summed E-state index contributed by atoms with van der Waals surface area (Å²) in [6.07, 6.45) is 25.4. The molecule has 195 valence electrons. The fraction of sp³-hybridized carbons (Fsp3) is 1.00. The summed E-state index contributed by atoms with van der Waals surface area (Å²) in [5, 5.41) is 0. The summed E-state index contributed by atoms with van der Waals surface area (Å²) in [6, 6.07) is 2.04. The van der Waals surface area contributed by atoms with Crippen LogP contribution in [0.3, 0.4) is 0 Å². The van der Waals surface area contributed by atoms with Crippen molar-refractivity contribution in [3.63, 3.8) is 0 Å². The van der Waals surface area contributed by atoms with Crippen molar-refractivity contribution in [2.24, 2.45) is 0 Å². The van der Waals surface area contributed by atoms with E-state index in [4.69, 9.17) is 23.3 Å². The Bertz CT molecular complexity index is 491. The van der Waals surface area contributed by atoms with Crippen molar-refractivity contribution in [1.29, 1.82) is 0 Å². The Morgan fingerprint density at radius 3 is 0.758 bits per heavy atom. The Kier molecular flexibility index (Phi) is 15.8. The SMILES string of the molecule is O=S([S-])N(C1CCCCC1)C1CCCCC1.O=S([S-])N(C1CCCCC1)C1CCCCC1.[Co+2]. The van der Waals surface area contributed by atoms with Gasteiger partial charge in [0, 0.05) is 24.2 Å². The van der Waals surface area contributed by atoms with Gasteiger partial charge in [-0.15, -0.1) is 0 Å². The van der Waals surface area contributed by atoms with E-state index in [9.17, 15) is 8.42 Å². The molecule has 4 saturated carbocycles. The topological polar surface area (TPSA) is 40.6 Å². The van der Waals surface area contributed by atoms with Gasteiger partial charge >= 0.3 is 16.8 Å². The van der Waals surface area contributed by atoms with Crippen molar-refractivity contribution in [3.05, 3.63) is 0 Å². The molecule has 0 aliphatic heterocycles. The summed E-state index contributed by atoms with van der Waals surface area (Å²) >= 11 is 10.1. The third-order valence-corrected chi connectivity index (χ3v) is 11.0. The molecule has 4 nitrogen and oxygen atoms in total. The molecule has 0 aromatic rings. The first kappa shape index (κ1) is 30.6. The van der Waals surface area contributed by atoms with Gasteiger partial charge in [0.25, 0.3) is 0 Å². The molecule has 4 aliphatic carbocycles. The largest absolute Gasteiger partial charge is 2.00 e. The van der Waals surface area contributed by atoms with E-state index in [0.717, 1.165) is 0 Å². The molecule has 0 aromatic carbocycles. The summed E-state index contributed by atoms with van der Waals surface area (Å²) < 4.78 is 27.9. The molecular weight excluding hydrogens is 535 g/mol. The van der Waals surface area contributed by atoms with Gasteiger partial charge in [0.15, 0.2) is 0 Å². The summed E-state index contributed by atoms with van der Waals surface area (Å²) in [5.74, 6) is 0. The van der Waals surface area contributed by atoms with Gasteiger partial charge in [0.1, 0.15) is 0 Å². The summed E-state index contributed by atoms with van der Waals surface area (Å²) in [4.78, 5) is 0.